The maximum atomic E-state index is 12.4. The molecule has 1 aromatic carbocycles. The molecule has 22 heavy (non-hydrogen) atoms. The first-order chi connectivity index (χ1) is 10.5. The van der Waals surface area contributed by atoms with Crippen molar-refractivity contribution in [3.8, 4) is 11.5 Å². The van der Waals surface area contributed by atoms with Gasteiger partial charge in [0.2, 0.25) is 18.6 Å². The van der Waals surface area contributed by atoms with Crippen LogP contribution in [0.25, 0.3) is 0 Å². The van der Waals surface area contributed by atoms with Gasteiger partial charge in [0.1, 0.15) is 6.04 Å². The smallest absolute Gasteiger partial charge is 0.245 e. The van der Waals surface area contributed by atoms with E-state index < -0.39 is 0 Å². The van der Waals surface area contributed by atoms with Gasteiger partial charge in [-0.1, -0.05) is 6.07 Å². The molecule has 0 aliphatic carbocycles. The zero-order valence-corrected chi connectivity index (χ0v) is 12.8. The molecule has 2 amide bonds. The predicted octanol–water partition coefficient (Wildman–Crippen LogP) is 1.08. The van der Waals surface area contributed by atoms with E-state index >= 15 is 0 Å². The number of nitrogens with zero attached hydrogens (tertiary/aromatic N) is 1. The fourth-order valence-electron chi connectivity index (χ4n) is 2.81. The highest BCUT2D eigenvalue weighted by atomic mass is 16.7. The van der Waals surface area contributed by atoms with Crippen LogP contribution < -0.4 is 14.8 Å². The summed E-state index contributed by atoms with van der Waals surface area (Å²) in [6.45, 7) is 2.26. The standard InChI is InChI=1S/C16H20N2O4/c1-10(18(2)16(20)12-4-6-15(19)17-12)7-11-3-5-13-14(8-11)22-9-21-13/h3,5,8,10,12H,4,6-7,9H2,1-2H3,(H,17,19). The van der Waals surface area contributed by atoms with Gasteiger partial charge in [0.15, 0.2) is 11.5 Å². The van der Waals surface area contributed by atoms with E-state index in [4.69, 9.17) is 9.47 Å². The molecule has 1 fully saturated rings. The summed E-state index contributed by atoms with van der Waals surface area (Å²) in [5.41, 5.74) is 1.09. The monoisotopic (exact) mass is 304 g/mol. The van der Waals surface area contributed by atoms with Crippen LogP contribution in [0.1, 0.15) is 25.3 Å². The zero-order chi connectivity index (χ0) is 15.7. The number of hydrogen-bond acceptors (Lipinski definition) is 4. The number of carbonyl (C=O) groups excluding carboxylic acids is 2. The summed E-state index contributed by atoms with van der Waals surface area (Å²) in [4.78, 5) is 25.3. The highest BCUT2D eigenvalue weighted by Gasteiger charge is 2.31. The molecule has 1 N–H and O–H groups in total. The van der Waals surface area contributed by atoms with Crippen molar-refractivity contribution in [2.45, 2.75) is 38.3 Å². The van der Waals surface area contributed by atoms with Crippen LogP contribution in [0.4, 0.5) is 0 Å². The van der Waals surface area contributed by atoms with E-state index in [1.165, 1.54) is 0 Å². The SMILES string of the molecule is CC(Cc1ccc2c(c1)OCO2)N(C)C(=O)C1CCC(=O)N1. The number of benzene rings is 1. The summed E-state index contributed by atoms with van der Waals surface area (Å²) in [6.07, 6.45) is 1.74. The van der Waals surface area contributed by atoms with Crippen molar-refractivity contribution in [3.63, 3.8) is 0 Å². The van der Waals surface area contributed by atoms with Crippen LogP contribution in [0.3, 0.4) is 0 Å². The van der Waals surface area contributed by atoms with Gasteiger partial charge in [-0.15, -0.1) is 0 Å². The Labute approximate surface area is 129 Å². The van der Waals surface area contributed by atoms with Crippen LogP contribution in [-0.2, 0) is 16.0 Å². The Balaban J connectivity index is 1.62. The molecule has 118 valence electrons. The van der Waals surface area contributed by atoms with Crippen molar-refractivity contribution in [3.05, 3.63) is 23.8 Å². The maximum absolute atomic E-state index is 12.4. The fraction of sp³-hybridized carbons (Fsp3) is 0.500. The van der Waals surface area contributed by atoms with E-state index in [0.717, 1.165) is 23.5 Å². The molecule has 6 nitrogen and oxygen atoms in total. The molecule has 2 aliphatic rings. The average molecular weight is 304 g/mol. The Bertz CT molecular complexity index is 602. The van der Waals surface area contributed by atoms with Gasteiger partial charge in [-0.05, 0) is 37.5 Å². The second kappa shape index (κ2) is 5.87. The maximum Gasteiger partial charge on any atom is 0.245 e. The molecule has 1 saturated heterocycles. The number of rotatable bonds is 4. The normalized spacial score (nSPS) is 20.6. The Kier molecular flexibility index (Phi) is 3.92. The van der Waals surface area contributed by atoms with Crippen LogP contribution in [0.2, 0.25) is 0 Å². The van der Waals surface area contributed by atoms with Crippen LogP contribution in [0.5, 0.6) is 11.5 Å². The molecule has 0 radical (unpaired) electrons. The van der Waals surface area contributed by atoms with Crippen molar-refractivity contribution in [1.82, 2.24) is 10.2 Å². The van der Waals surface area contributed by atoms with Crippen LogP contribution in [0.15, 0.2) is 18.2 Å². The lowest BCUT2D eigenvalue weighted by Gasteiger charge is -2.27. The van der Waals surface area contributed by atoms with E-state index in [9.17, 15) is 9.59 Å². The van der Waals surface area contributed by atoms with Gasteiger partial charge < -0.3 is 19.7 Å². The van der Waals surface area contributed by atoms with Crippen molar-refractivity contribution >= 4 is 11.8 Å². The average Bonchev–Trinajstić information content (AvgIpc) is 3.13. The fourth-order valence-corrected chi connectivity index (χ4v) is 2.81. The second-order valence-electron chi connectivity index (χ2n) is 5.85. The van der Waals surface area contributed by atoms with Crippen LogP contribution >= 0.6 is 0 Å². The van der Waals surface area contributed by atoms with Gasteiger partial charge in [-0.25, -0.2) is 0 Å². The van der Waals surface area contributed by atoms with E-state index in [0.29, 0.717) is 12.8 Å². The first kappa shape index (κ1) is 14.7. The lowest BCUT2D eigenvalue weighted by atomic mass is 10.0. The number of nitrogens with one attached hydrogen (secondary N) is 1. The minimum absolute atomic E-state index is 0.0286. The summed E-state index contributed by atoms with van der Waals surface area (Å²) in [5.74, 6) is 1.44. The minimum atomic E-state index is -0.378. The predicted molar refractivity (Wildman–Crippen MR) is 79.7 cm³/mol. The Hall–Kier alpha value is -2.24. The lowest BCUT2D eigenvalue weighted by molar-refractivity contribution is -0.134. The molecule has 2 aliphatic heterocycles. The first-order valence-electron chi connectivity index (χ1n) is 7.49. The highest BCUT2D eigenvalue weighted by molar-refractivity contribution is 5.90. The first-order valence-corrected chi connectivity index (χ1v) is 7.49. The molecule has 0 saturated carbocycles. The highest BCUT2D eigenvalue weighted by Crippen LogP contribution is 2.33. The van der Waals surface area contributed by atoms with Crippen molar-refractivity contribution in [2.75, 3.05) is 13.8 Å². The number of hydrogen-bond donors (Lipinski definition) is 1. The molecular formula is C16H20N2O4. The quantitative estimate of drug-likeness (QED) is 0.904. The summed E-state index contributed by atoms with van der Waals surface area (Å²) in [6, 6.07) is 5.49. The van der Waals surface area contributed by atoms with E-state index in [1.807, 2.05) is 25.1 Å². The van der Waals surface area contributed by atoms with Crippen LogP contribution in [-0.4, -0.2) is 42.6 Å². The van der Waals surface area contributed by atoms with Gasteiger partial charge in [0.25, 0.3) is 0 Å². The summed E-state index contributed by atoms with van der Waals surface area (Å²) >= 11 is 0. The molecule has 3 rings (SSSR count). The van der Waals surface area contributed by atoms with E-state index in [2.05, 4.69) is 5.32 Å². The summed E-state index contributed by atoms with van der Waals surface area (Å²) < 4.78 is 10.7. The third-order valence-corrected chi connectivity index (χ3v) is 4.27. The second-order valence-corrected chi connectivity index (χ2v) is 5.85. The molecule has 0 bridgehead atoms. The van der Waals surface area contributed by atoms with E-state index in [-0.39, 0.29) is 30.7 Å². The molecule has 1 aromatic rings. The lowest BCUT2D eigenvalue weighted by Crippen LogP contribution is -2.46. The zero-order valence-electron chi connectivity index (χ0n) is 12.8. The number of ether oxygens (including phenoxy) is 2. The molecule has 2 unspecified atom stereocenters. The van der Waals surface area contributed by atoms with Gasteiger partial charge >= 0.3 is 0 Å². The van der Waals surface area contributed by atoms with Gasteiger partial charge in [-0.3, -0.25) is 9.59 Å². The Morgan fingerprint density at radius 1 is 1.41 bits per heavy atom. The van der Waals surface area contributed by atoms with Gasteiger partial charge in [0.05, 0.1) is 0 Å². The molecule has 0 aromatic heterocycles. The van der Waals surface area contributed by atoms with Gasteiger partial charge in [0, 0.05) is 19.5 Å². The number of amides is 2. The van der Waals surface area contributed by atoms with E-state index in [1.54, 1.807) is 11.9 Å². The summed E-state index contributed by atoms with van der Waals surface area (Å²) in [7, 11) is 1.78. The molecule has 6 heteroatoms. The van der Waals surface area contributed by atoms with Crippen LogP contribution in [0, 0.1) is 0 Å². The summed E-state index contributed by atoms with van der Waals surface area (Å²) in [5, 5.41) is 2.72. The Morgan fingerprint density at radius 2 is 2.18 bits per heavy atom. The molecule has 0 spiro atoms. The third kappa shape index (κ3) is 2.86. The van der Waals surface area contributed by atoms with Crippen molar-refractivity contribution < 1.29 is 19.1 Å². The number of fused-ring (bicyclic) bond motifs is 1. The molecular weight excluding hydrogens is 284 g/mol. The Morgan fingerprint density at radius 3 is 2.91 bits per heavy atom. The largest absolute Gasteiger partial charge is 0.454 e. The van der Waals surface area contributed by atoms with Gasteiger partial charge in [-0.2, -0.15) is 0 Å². The molecule has 2 heterocycles. The number of carbonyl (C=O) groups is 2. The minimum Gasteiger partial charge on any atom is -0.454 e. The third-order valence-electron chi connectivity index (χ3n) is 4.27. The molecule has 2 atom stereocenters. The van der Waals surface area contributed by atoms with Crippen molar-refractivity contribution in [2.24, 2.45) is 0 Å². The number of likely N-dealkylation sites (N-methyl/N-ethyl adjacent to an activating group) is 1. The topological polar surface area (TPSA) is 67.9 Å². The van der Waals surface area contributed by atoms with Crippen molar-refractivity contribution in [1.29, 1.82) is 0 Å².